The van der Waals surface area contributed by atoms with Gasteiger partial charge in [-0.3, -0.25) is 0 Å². The molecule has 0 spiro atoms. The molecule has 5 nitrogen and oxygen atoms in total. The van der Waals surface area contributed by atoms with Crippen molar-refractivity contribution in [1.29, 1.82) is 0 Å². The first-order valence-corrected chi connectivity index (χ1v) is 6.95. The van der Waals surface area contributed by atoms with Crippen molar-refractivity contribution in [3.8, 4) is 0 Å². The molecule has 2 N–H and O–H groups in total. The van der Waals surface area contributed by atoms with Gasteiger partial charge in [0.1, 0.15) is 4.88 Å². The van der Waals surface area contributed by atoms with Gasteiger partial charge < -0.3 is 15.1 Å². The maximum absolute atomic E-state index is 11.1. The second-order valence-electron chi connectivity index (χ2n) is 4.68. The van der Waals surface area contributed by atoms with E-state index < -0.39 is 5.97 Å². The van der Waals surface area contributed by atoms with Crippen LogP contribution in [0.1, 0.15) is 39.1 Å². The van der Waals surface area contributed by atoms with Crippen LogP contribution in [0.15, 0.2) is 0 Å². The Labute approximate surface area is 110 Å². The molecule has 0 atom stereocenters. The van der Waals surface area contributed by atoms with Gasteiger partial charge in [-0.25, -0.2) is 9.78 Å². The van der Waals surface area contributed by atoms with Gasteiger partial charge in [0.25, 0.3) is 0 Å². The lowest BCUT2D eigenvalue weighted by Gasteiger charge is -2.13. The standard InChI is InChI=1S/C12H18N2O3S/c1-14(6-7-15)5-4-9-13-10(8-2-3-8)11(18-9)12(16)17/h8,15H,2-7H2,1H3,(H,16,17). The number of rotatable bonds is 7. The molecule has 0 aromatic carbocycles. The van der Waals surface area contributed by atoms with Crippen molar-refractivity contribution in [2.75, 3.05) is 26.7 Å². The van der Waals surface area contributed by atoms with Crippen molar-refractivity contribution < 1.29 is 15.0 Å². The van der Waals surface area contributed by atoms with Crippen molar-refractivity contribution in [1.82, 2.24) is 9.88 Å². The first-order chi connectivity index (χ1) is 8.61. The van der Waals surface area contributed by atoms with E-state index in [2.05, 4.69) is 4.98 Å². The van der Waals surface area contributed by atoms with Gasteiger partial charge in [-0.05, 0) is 19.9 Å². The fourth-order valence-electron chi connectivity index (χ4n) is 1.84. The highest BCUT2D eigenvalue weighted by molar-refractivity contribution is 7.13. The quantitative estimate of drug-likeness (QED) is 0.778. The van der Waals surface area contributed by atoms with Crippen LogP contribution in [-0.2, 0) is 6.42 Å². The number of thiazole rings is 1. The van der Waals surface area contributed by atoms with Crippen molar-refractivity contribution in [3.05, 3.63) is 15.6 Å². The highest BCUT2D eigenvalue weighted by Gasteiger charge is 2.31. The molecule has 1 aromatic heterocycles. The monoisotopic (exact) mass is 270 g/mol. The minimum absolute atomic E-state index is 0.141. The van der Waals surface area contributed by atoms with Gasteiger partial charge in [0.05, 0.1) is 17.3 Å². The summed E-state index contributed by atoms with van der Waals surface area (Å²) in [4.78, 5) is 18.0. The number of aliphatic hydroxyl groups excluding tert-OH is 1. The molecule has 6 heteroatoms. The minimum atomic E-state index is -0.857. The first kappa shape index (κ1) is 13.5. The summed E-state index contributed by atoms with van der Waals surface area (Å²) in [5.41, 5.74) is 0.785. The van der Waals surface area contributed by atoms with Gasteiger partial charge in [-0.15, -0.1) is 11.3 Å². The Kier molecular flexibility index (Phi) is 4.31. The molecule has 0 aliphatic heterocycles. The lowest BCUT2D eigenvalue weighted by molar-refractivity contribution is 0.0700. The summed E-state index contributed by atoms with van der Waals surface area (Å²) >= 11 is 1.30. The average molecular weight is 270 g/mol. The zero-order valence-corrected chi connectivity index (χ0v) is 11.2. The van der Waals surface area contributed by atoms with Gasteiger partial charge in [-0.1, -0.05) is 0 Å². The Bertz CT molecular complexity index is 429. The summed E-state index contributed by atoms with van der Waals surface area (Å²) in [5, 5.41) is 18.8. The lowest BCUT2D eigenvalue weighted by atomic mass is 10.2. The Morgan fingerprint density at radius 2 is 2.22 bits per heavy atom. The van der Waals surface area contributed by atoms with E-state index in [1.807, 2.05) is 11.9 Å². The number of carboxylic acids is 1. The SMILES string of the molecule is CN(CCO)CCc1nc(C2CC2)c(C(=O)O)s1. The van der Waals surface area contributed by atoms with Crippen LogP contribution in [0.4, 0.5) is 0 Å². The number of aliphatic hydroxyl groups is 1. The number of nitrogens with zero attached hydrogens (tertiary/aromatic N) is 2. The van der Waals surface area contributed by atoms with Crippen LogP contribution in [0.25, 0.3) is 0 Å². The Hall–Kier alpha value is -0.980. The number of carbonyl (C=O) groups is 1. The largest absolute Gasteiger partial charge is 0.477 e. The van der Waals surface area contributed by atoms with E-state index in [1.165, 1.54) is 11.3 Å². The summed E-state index contributed by atoms with van der Waals surface area (Å²) in [7, 11) is 1.93. The molecule has 0 radical (unpaired) electrons. The molecule has 1 aliphatic rings. The van der Waals surface area contributed by atoms with Crippen LogP contribution >= 0.6 is 11.3 Å². The Morgan fingerprint density at radius 1 is 1.50 bits per heavy atom. The van der Waals surface area contributed by atoms with Crippen molar-refractivity contribution in [2.45, 2.75) is 25.2 Å². The van der Waals surface area contributed by atoms with E-state index in [0.29, 0.717) is 17.3 Å². The van der Waals surface area contributed by atoms with Crippen LogP contribution < -0.4 is 0 Å². The predicted octanol–water partition coefficient (Wildman–Crippen LogP) is 1.19. The molecule has 0 amide bonds. The molecular formula is C12H18N2O3S. The summed E-state index contributed by atoms with van der Waals surface area (Å²) in [5.74, 6) is -0.486. The molecule has 0 bridgehead atoms. The smallest absolute Gasteiger partial charge is 0.347 e. The molecule has 0 saturated heterocycles. The third-order valence-corrected chi connectivity index (χ3v) is 4.16. The van der Waals surface area contributed by atoms with E-state index in [4.69, 9.17) is 10.2 Å². The molecule has 1 aliphatic carbocycles. The van der Waals surface area contributed by atoms with Gasteiger partial charge in [0.2, 0.25) is 0 Å². The fraction of sp³-hybridized carbons (Fsp3) is 0.667. The van der Waals surface area contributed by atoms with Crippen LogP contribution in [0.2, 0.25) is 0 Å². The first-order valence-electron chi connectivity index (χ1n) is 6.14. The topological polar surface area (TPSA) is 73.7 Å². The van der Waals surface area contributed by atoms with Crippen LogP contribution in [-0.4, -0.2) is 52.8 Å². The number of aromatic nitrogens is 1. The minimum Gasteiger partial charge on any atom is -0.477 e. The summed E-state index contributed by atoms with van der Waals surface area (Å²) in [6.45, 7) is 1.56. The van der Waals surface area contributed by atoms with Crippen molar-refractivity contribution >= 4 is 17.3 Å². The average Bonchev–Trinajstić information content (AvgIpc) is 3.07. The number of hydrogen-bond acceptors (Lipinski definition) is 5. The molecule has 1 fully saturated rings. The van der Waals surface area contributed by atoms with E-state index in [-0.39, 0.29) is 6.61 Å². The number of aromatic carboxylic acids is 1. The molecule has 100 valence electrons. The van der Waals surface area contributed by atoms with Gasteiger partial charge in [-0.2, -0.15) is 0 Å². The van der Waals surface area contributed by atoms with E-state index >= 15 is 0 Å². The number of hydrogen-bond donors (Lipinski definition) is 2. The van der Waals surface area contributed by atoms with Gasteiger partial charge in [0.15, 0.2) is 0 Å². The lowest BCUT2D eigenvalue weighted by Crippen LogP contribution is -2.24. The summed E-state index contributed by atoms with van der Waals surface area (Å²) < 4.78 is 0. The molecule has 0 unspecified atom stereocenters. The number of likely N-dealkylation sites (N-methyl/N-ethyl adjacent to an activating group) is 1. The Balaban J connectivity index is 2.00. The van der Waals surface area contributed by atoms with Crippen molar-refractivity contribution in [3.63, 3.8) is 0 Å². The predicted molar refractivity (Wildman–Crippen MR) is 69.3 cm³/mol. The summed E-state index contributed by atoms with van der Waals surface area (Å²) in [6, 6.07) is 0. The third-order valence-electron chi connectivity index (χ3n) is 3.05. The second kappa shape index (κ2) is 5.77. The molecular weight excluding hydrogens is 252 g/mol. The molecule has 1 saturated carbocycles. The van der Waals surface area contributed by atoms with E-state index in [9.17, 15) is 4.79 Å². The van der Waals surface area contributed by atoms with Crippen LogP contribution in [0.3, 0.4) is 0 Å². The zero-order valence-electron chi connectivity index (χ0n) is 10.4. The van der Waals surface area contributed by atoms with Gasteiger partial charge >= 0.3 is 5.97 Å². The molecule has 18 heavy (non-hydrogen) atoms. The van der Waals surface area contributed by atoms with E-state index in [1.54, 1.807) is 0 Å². The van der Waals surface area contributed by atoms with E-state index in [0.717, 1.165) is 36.5 Å². The summed E-state index contributed by atoms with van der Waals surface area (Å²) in [6.07, 6.45) is 2.87. The normalized spacial score (nSPS) is 15.3. The molecule has 1 aromatic rings. The van der Waals surface area contributed by atoms with Crippen LogP contribution in [0.5, 0.6) is 0 Å². The molecule has 2 rings (SSSR count). The highest BCUT2D eigenvalue weighted by atomic mass is 32.1. The zero-order chi connectivity index (χ0) is 13.1. The van der Waals surface area contributed by atoms with Crippen molar-refractivity contribution in [2.24, 2.45) is 0 Å². The van der Waals surface area contributed by atoms with Crippen LogP contribution in [0, 0.1) is 0 Å². The van der Waals surface area contributed by atoms with Gasteiger partial charge in [0, 0.05) is 25.4 Å². The third kappa shape index (κ3) is 3.28. The Morgan fingerprint density at radius 3 is 2.78 bits per heavy atom. The highest BCUT2D eigenvalue weighted by Crippen LogP contribution is 2.42. The second-order valence-corrected chi connectivity index (χ2v) is 5.76. The maximum Gasteiger partial charge on any atom is 0.347 e. The fourth-order valence-corrected chi connectivity index (χ4v) is 2.82. The maximum atomic E-state index is 11.1. The number of carboxylic acid groups (broad SMARTS) is 1. The molecule has 1 heterocycles.